The highest BCUT2D eigenvalue weighted by atomic mass is 79.9. The van der Waals surface area contributed by atoms with Gasteiger partial charge in [-0.2, -0.15) is 10.5 Å². The summed E-state index contributed by atoms with van der Waals surface area (Å²) in [7, 11) is 0. The molecule has 5 aromatic carbocycles. The van der Waals surface area contributed by atoms with Crippen LogP contribution in [-0.4, -0.2) is 45.5 Å². The van der Waals surface area contributed by atoms with Gasteiger partial charge in [-0.1, -0.05) is 149 Å². The molecule has 0 N–H and O–H groups in total. The molecule has 0 radical (unpaired) electrons. The van der Waals surface area contributed by atoms with Gasteiger partial charge in [0.05, 0.1) is 9.65 Å². The van der Waals surface area contributed by atoms with Crippen LogP contribution in [0.25, 0.3) is 22.3 Å². The Kier molecular flexibility index (Phi) is 14.4. The third kappa shape index (κ3) is 9.19. The summed E-state index contributed by atoms with van der Waals surface area (Å²) in [6.07, 6.45) is 0. The predicted molar refractivity (Wildman–Crippen MR) is 213 cm³/mol. The SMILES string of the molecule is N#Cc1c(F)c(Oc2c(C(=O)OCC(Br)CBr)cccc2-c2ccccc2)c(Oc2c(C(=O)OCC(Br)CBr)cccc2-c2ccccc2)c(F)c1C#N. The van der Waals surface area contributed by atoms with E-state index in [1.54, 1.807) is 84.9 Å². The highest BCUT2D eigenvalue weighted by molar-refractivity contribution is 9.12. The van der Waals surface area contributed by atoms with Crippen molar-refractivity contribution in [1.29, 1.82) is 10.5 Å². The summed E-state index contributed by atoms with van der Waals surface area (Å²) < 4.78 is 56.8. The molecule has 0 spiro atoms. The summed E-state index contributed by atoms with van der Waals surface area (Å²) in [4.78, 5) is 26.7. The number of benzene rings is 5. The minimum Gasteiger partial charge on any atom is -0.461 e. The van der Waals surface area contributed by atoms with Gasteiger partial charge in [-0.05, 0) is 23.3 Å². The number of ether oxygens (including phenoxy) is 4. The molecule has 0 fully saturated rings. The number of nitriles is 2. The van der Waals surface area contributed by atoms with Crippen LogP contribution in [-0.2, 0) is 9.47 Å². The second-order valence-corrected chi connectivity index (χ2v) is 15.1. The van der Waals surface area contributed by atoms with Gasteiger partial charge in [-0.15, -0.1) is 0 Å². The van der Waals surface area contributed by atoms with Gasteiger partial charge in [0.1, 0.15) is 59.1 Å². The zero-order valence-corrected chi connectivity index (χ0v) is 34.2. The third-order valence-electron chi connectivity index (χ3n) is 7.69. The second kappa shape index (κ2) is 19.1. The van der Waals surface area contributed by atoms with E-state index in [1.165, 1.54) is 24.3 Å². The molecule has 5 rings (SSSR count). The maximum Gasteiger partial charge on any atom is 0.342 e. The Morgan fingerprint density at radius 1 is 0.574 bits per heavy atom. The van der Waals surface area contributed by atoms with Crippen molar-refractivity contribution < 1.29 is 37.3 Å². The van der Waals surface area contributed by atoms with Crippen LogP contribution in [0, 0.1) is 34.3 Å². The quantitative estimate of drug-likeness (QED) is 0.0797. The van der Waals surface area contributed by atoms with Crippen LogP contribution in [0.4, 0.5) is 8.78 Å². The van der Waals surface area contributed by atoms with E-state index in [2.05, 4.69) is 63.7 Å². The summed E-state index contributed by atoms with van der Waals surface area (Å²) >= 11 is 13.4. The van der Waals surface area contributed by atoms with E-state index >= 15 is 8.78 Å². The van der Waals surface area contributed by atoms with Crippen molar-refractivity contribution in [1.82, 2.24) is 0 Å². The van der Waals surface area contributed by atoms with Crippen LogP contribution in [0.1, 0.15) is 31.8 Å². The smallest absolute Gasteiger partial charge is 0.342 e. The molecule has 0 aromatic heterocycles. The number of hydrogen-bond donors (Lipinski definition) is 0. The largest absolute Gasteiger partial charge is 0.461 e. The van der Waals surface area contributed by atoms with E-state index in [0.717, 1.165) is 0 Å². The van der Waals surface area contributed by atoms with Gasteiger partial charge in [0.25, 0.3) is 0 Å². The van der Waals surface area contributed by atoms with Crippen molar-refractivity contribution in [2.75, 3.05) is 23.9 Å². The number of nitrogens with zero attached hydrogens (tertiary/aromatic N) is 2. The molecule has 0 aliphatic carbocycles. The first-order valence-electron chi connectivity index (χ1n) is 15.9. The average molecular weight is 988 g/mol. The molecule has 0 bridgehead atoms. The van der Waals surface area contributed by atoms with Crippen LogP contribution in [0.15, 0.2) is 97.1 Å². The summed E-state index contributed by atoms with van der Waals surface area (Å²) in [5.74, 6) is -7.06. The number of carbonyl (C=O) groups excluding carboxylic acids is 2. The number of para-hydroxylation sites is 2. The van der Waals surface area contributed by atoms with Gasteiger partial charge < -0.3 is 18.9 Å². The first kappa shape index (κ1) is 40.6. The van der Waals surface area contributed by atoms with Gasteiger partial charge in [0.2, 0.25) is 11.5 Å². The molecular weight excluding hydrogens is 962 g/mol. The summed E-state index contributed by atoms with van der Waals surface area (Å²) in [5.41, 5.74) is -0.634. The van der Waals surface area contributed by atoms with E-state index in [1.807, 2.05) is 0 Å². The molecule has 8 nitrogen and oxygen atoms in total. The maximum atomic E-state index is 16.7. The Balaban J connectivity index is 1.77. The van der Waals surface area contributed by atoms with Crippen LogP contribution >= 0.6 is 63.7 Å². The van der Waals surface area contributed by atoms with E-state index in [9.17, 15) is 20.1 Å². The Morgan fingerprint density at radius 3 is 1.28 bits per heavy atom. The molecule has 274 valence electrons. The topological polar surface area (TPSA) is 119 Å². The van der Waals surface area contributed by atoms with Gasteiger partial charge in [-0.25, -0.2) is 18.4 Å². The zero-order chi connectivity index (χ0) is 38.8. The average Bonchev–Trinajstić information content (AvgIpc) is 3.21. The van der Waals surface area contributed by atoms with Crippen LogP contribution in [0.2, 0.25) is 0 Å². The summed E-state index contributed by atoms with van der Waals surface area (Å²) in [6.45, 7) is -0.0982. The van der Waals surface area contributed by atoms with E-state index < -0.39 is 46.2 Å². The zero-order valence-electron chi connectivity index (χ0n) is 27.8. The number of esters is 2. The number of carbonyl (C=O) groups is 2. The van der Waals surface area contributed by atoms with E-state index in [-0.39, 0.29) is 56.6 Å². The van der Waals surface area contributed by atoms with Gasteiger partial charge in [0.15, 0.2) is 11.6 Å². The minimum atomic E-state index is -1.45. The fourth-order valence-corrected chi connectivity index (χ4v) is 5.76. The Bertz CT molecular complexity index is 2090. The van der Waals surface area contributed by atoms with Crippen LogP contribution in [0.3, 0.4) is 0 Å². The molecule has 0 aliphatic heterocycles. The number of alkyl halides is 4. The molecule has 54 heavy (non-hydrogen) atoms. The lowest BCUT2D eigenvalue weighted by Crippen LogP contribution is -2.16. The second-order valence-electron chi connectivity index (χ2n) is 11.3. The van der Waals surface area contributed by atoms with Crippen molar-refractivity contribution in [2.24, 2.45) is 0 Å². The fraction of sp³-hybridized carbons (Fsp3) is 0.150. The highest BCUT2D eigenvalue weighted by Crippen LogP contribution is 2.48. The van der Waals surface area contributed by atoms with E-state index in [0.29, 0.717) is 21.8 Å². The van der Waals surface area contributed by atoms with Crippen molar-refractivity contribution >= 4 is 75.7 Å². The first-order chi connectivity index (χ1) is 26.1. The number of rotatable bonds is 14. The van der Waals surface area contributed by atoms with Gasteiger partial charge in [0, 0.05) is 21.8 Å². The summed E-state index contributed by atoms with van der Waals surface area (Å²) in [5, 5.41) is 20.8. The molecule has 5 aromatic rings. The monoisotopic (exact) mass is 984 g/mol. The third-order valence-corrected chi connectivity index (χ3v) is 12.2. The van der Waals surface area contributed by atoms with E-state index in [4.69, 9.17) is 18.9 Å². The summed E-state index contributed by atoms with van der Waals surface area (Å²) in [6, 6.07) is 29.5. The van der Waals surface area contributed by atoms with Gasteiger partial charge >= 0.3 is 11.9 Å². The molecule has 2 atom stereocenters. The highest BCUT2D eigenvalue weighted by Gasteiger charge is 2.32. The molecule has 14 heteroatoms. The normalized spacial score (nSPS) is 11.8. The molecule has 0 aliphatic rings. The number of hydrogen-bond acceptors (Lipinski definition) is 8. The van der Waals surface area contributed by atoms with Crippen molar-refractivity contribution in [3.63, 3.8) is 0 Å². The van der Waals surface area contributed by atoms with Crippen molar-refractivity contribution in [2.45, 2.75) is 9.65 Å². The standard InChI is InChI=1S/C40H26Br4F2N2O6/c41-17-25(43)21-51-39(49)29-15-7-13-27(23-9-3-1-4-10-23)35(29)53-37-33(45)31(19-47)32(20-48)34(46)38(37)54-36-28(24-11-5-2-6-12-24)14-8-16-30(36)40(50)52-22-26(44)18-42/h1-16,25-26H,17-18,21-22H2. The predicted octanol–water partition coefficient (Wildman–Crippen LogP) is 11.3. The molecule has 0 saturated carbocycles. The molecular formula is C40H26Br4F2N2O6. The molecule has 0 heterocycles. The van der Waals surface area contributed by atoms with Gasteiger partial charge in [-0.3, -0.25) is 0 Å². The lowest BCUT2D eigenvalue weighted by atomic mass is 10.0. The Labute approximate surface area is 343 Å². The lowest BCUT2D eigenvalue weighted by molar-refractivity contribution is 0.0500. The minimum absolute atomic E-state index is 0.0491. The molecule has 2 unspecified atom stereocenters. The van der Waals surface area contributed by atoms with Crippen molar-refractivity contribution in [3.8, 4) is 57.4 Å². The Morgan fingerprint density at radius 2 is 0.944 bits per heavy atom. The number of halogens is 6. The van der Waals surface area contributed by atoms with Crippen molar-refractivity contribution in [3.05, 3.63) is 131 Å². The molecule has 0 amide bonds. The first-order valence-corrected chi connectivity index (χ1v) is 20.0. The van der Waals surface area contributed by atoms with Crippen LogP contribution < -0.4 is 9.47 Å². The fourth-order valence-electron chi connectivity index (χ4n) is 5.12. The molecule has 0 saturated heterocycles. The lowest BCUT2D eigenvalue weighted by Gasteiger charge is -2.21. The Hall–Kier alpha value is -4.60. The van der Waals surface area contributed by atoms with Crippen LogP contribution in [0.5, 0.6) is 23.0 Å². The maximum absolute atomic E-state index is 16.7.